The van der Waals surface area contributed by atoms with Crippen LogP contribution < -0.4 is 10.5 Å². The summed E-state index contributed by atoms with van der Waals surface area (Å²) in [5.74, 6) is 0.658. The molecule has 2 rings (SSSR count). The smallest absolute Gasteiger partial charge is 0.177 e. The van der Waals surface area contributed by atoms with Crippen LogP contribution in [0.4, 0.5) is 0 Å². The van der Waals surface area contributed by atoms with Crippen LogP contribution in [0.25, 0.3) is 10.9 Å². The highest BCUT2D eigenvalue weighted by atomic mass is 16.5. The van der Waals surface area contributed by atoms with Gasteiger partial charge in [0.1, 0.15) is 5.75 Å². The van der Waals surface area contributed by atoms with Crippen molar-refractivity contribution in [1.29, 1.82) is 0 Å². The second-order valence-electron chi connectivity index (χ2n) is 3.21. The van der Waals surface area contributed by atoms with Gasteiger partial charge in [0, 0.05) is 17.1 Å². The van der Waals surface area contributed by atoms with E-state index >= 15 is 0 Å². The number of Topliss-reactive ketones (excluding diaryl/α,β-unsaturated/α-hetero) is 1. The lowest BCUT2D eigenvalue weighted by atomic mass is 10.1. The molecule has 1 heterocycles. The molecule has 4 nitrogen and oxygen atoms in total. The van der Waals surface area contributed by atoms with Crippen molar-refractivity contribution in [1.82, 2.24) is 4.98 Å². The summed E-state index contributed by atoms with van der Waals surface area (Å²) in [6.07, 6.45) is 1.78. The SMILES string of the molecule is COc1ccc(C(=O)CN)c2cc[nH]c12. The molecule has 3 N–H and O–H groups in total. The number of benzene rings is 1. The fraction of sp³-hybridized carbons (Fsp3) is 0.182. The molecule has 0 radical (unpaired) electrons. The highest BCUT2D eigenvalue weighted by molar-refractivity contribution is 6.09. The molecule has 1 aromatic carbocycles. The molecular formula is C11H12N2O2. The number of aromatic amines is 1. The fourth-order valence-corrected chi connectivity index (χ4v) is 1.65. The number of nitrogens with two attached hydrogens (primary N) is 1. The molecule has 0 saturated heterocycles. The lowest BCUT2D eigenvalue weighted by molar-refractivity contribution is 0.100. The summed E-state index contributed by atoms with van der Waals surface area (Å²) in [7, 11) is 1.60. The van der Waals surface area contributed by atoms with E-state index in [4.69, 9.17) is 10.5 Å². The van der Waals surface area contributed by atoms with Crippen LogP contribution in [0.2, 0.25) is 0 Å². The average Bonchev–Trinajstić information content (AvgIpc) is 2.75. The number of ketones is 1. The van der Waals surface area contributed by atoms with Crippen molar-refractivity contribution in [3.05, 3.63) is 30.0 Å². The van der Waals surface area contributed by atoms with E-state index in [0.717, 1.165) is 16.7 Å². The van der Waals surface area contributed by atoms with Gasteiger partial charge in [0.25, 0.3) is 0 Å². The highest BCUT2D eigenvalue weighted by Gasteiger charge is 2.11. The number of aromatic nitrogens is 1. The predicted octanol–water partition coefficient (Wildman–Crippen LogP) is 1.32. The van der Waals surface area contributed by atoms with Crippen LogP contribution in [0.1, 0.15) is 10.4 Å². The summed E-state index contributed by atoms with van der Waals surface area (Å²) in [6.45, 7) is 0.0204. The van der Waals surface area contributed by atoms with E-state index in [2.05, 4.69) is 4.98 Å². The predicted molar refractivity (Wildman–Crippen MR) is 58.2 cm³/mol. The van der Waals surface area contributed by atoms with Crippen LogP contribution in [-0.2, 0) is 0 Å². The zero-order valence-electron chi connectivity index (χ0n) is 8.41. The summed E-state index contributed by atoms with van der Waals surface area (Å²) >= 11 is 0. The molecule has 15 heavy (non-hydrogen) atoms. The zero-order valence-corrected chi connectivity index (χ0v) is 8.41. The second-order valence-corrected chi connectivity index (χ2v) is 3.21. The largest absolute Gasteiger partial charge is 0.495 e. The van der Waals surface area contributed by atoms with E-state index in [1.54, 1.807) is 25.4 Å². The highest BCUT2D eigenvalue weighted by Crippen LogP contribution is 2.27. The number of ether oxygens (including phenoxy) is 1. The van der Waals surface area contributed by atoms with Crippen LogP contribution >= 0.6 is 0 Å². The summed E-state index contributed by atoms with van der Waals surface area (Å²) in [6, 6.07) is 5.35. The maximum atomic E-state index is 11.5. The Bertz CT molecular complexity index is 502. The Morgan fingerprint density at radius 3 is 2.93 bits per heavy atom. The van der Waals surface area contributed by atoms with Gasteiger partial charge in [0.15, 0.2) is 5.78 Å². The molecular weight excluding hydrogens is 192 g/mol. The summed E-state index contributed by atoms with van der Waals surface area (Å²) in [4.78, 5) is 14.6. The normalized spacial score (nSPS) is 10.5. The molecule has 0 atom stereocenters. The number of rotatable bonds is 3. The number of carbonyl (C=O) groups excluding carboxylic acids is 1. The third-order valence-electron chi connectivity index (χ3n) is 2.39. The van der Waals surface area contributed by atoms with Gasteiger partial charge in [-0.15, -0.1) is 0 Å². The number of H-pyrrole nitrogens is 1. The Morgan fingerprint density at radius 2 is 2.27 bits per heavy atom. The molecule has 0 aliphatic rings. The van der Waals surface area contributed by atoms with Gasteiger partial charge in [0.05, 0.1) is 19.2 Å². The van der Waals surface area contributed by atoms with Gasteiger partial charge in [-0.3, -0.25) is 4.79 Å². The minimum absolute atomic E-state index is 0.0204. The molecule has 0 bridgehead atoms. The van der Waals surface area contributed by atoms with Gasteiger partial charge < -0.3 is 15.5 Å². The van der Waals surface area contributed by atoms with Crippen LogP contribution in [-0.4, -0.2) is 24.4 Å². The lowest BCUT2D eigenvalue weighted by Crippen LogP contribution is -2.13. The number of fused-ring (bicyclic) bond motifs is 1. The van der Waals surface area contributed by atoms with Gasteiger partial charge >= 0.3 is 0 Å². The minimum Gasteiger partial charge on any atom is -0.495 e. The molecule has 0 aliphatic carbocycles. The molecule has 0 saturated carbocycles. The van der Waals surface area contributed by atoms with Crippen LogP contribution in [0.5, 0.6) is 5.75 Å². The summed E-state index contributed by atoms with van der Waals surface area (Å²) in [5, 5.41) is 0.852. The number of carbonyl (C=O) groups is 1. The number of methoxy groups -OCH3 is 1. The zero-order chi connectivity index (χ0) is 10.8. The number of hydrogen-bond donors (Lipinski definition) is 2. The number of hydrogen-bond acceptors (Lipinski definition) is 3. The minimum atomic E-state index is -0.0674. The van der Waals surface area contributed by atoms with Gasteiger partial charge in [-0.25, -0.2) is 0 Å². The Balaban J connectivity index is 2.68. The summed E-state index contributed by atoms with van der Waals surface area (Å²) in [5.41, 5.74) is 6.81. The monoisotopic (exact) mass is 204 g/mol. The second kappa shape index (κ2) is 3.74. The molecule has 1 aromatic heterocycles. The van der Waals surface area contributed by atoms with Gasteiger partial charge in [-0.1, -0.05) is 0 Å². The first-order chi connectivity index (χ1) is 7.27. The first kappa shape index (κ1) is 9.73. The average molecular weight is 204 g/mol. The van der Waals surface area contributed by atoms with Crippen LogP contribution in [0.3, 0.4) is 0 Å². The van der Waals surface area contributed by atoms with Crippen molar-refractivity contribution in [2.24, 2.45) is 5.73 Å². The first-order valence-electron chi connectivity index (χ1n) is 4.65. The number of nitrogens with one attached hydrogen (secondary N) is 1. The molecule has 4 heteroatoms. The van der Waals surface area contributed by atoms with Crippen molar-refractivity contribution < 1.29 is 9.53 Å². The Morgan fingerprint density at radius 1 is 1.47 bits per heavy atom. The Labute approximate surface area is 87.0 Å². The molecule has 2 aromatic rings. The lowest BCUT2D eigenvalue weighted by Gasteiger charge is -2.05. The van der Waals surface area contributed by atoms with Crippen LogP contribution in [0.15, 0.2) is 24.4 Å². The van der Waals surface area contributed by atoms with Crippen molar-refractivity contribution in [2.75, 3.05) is 13.7 Å². The molecule has 0 unspecified atom stereocenters. The van der Waals surface area contributed by atoms with Crippen molar-refractivity contribution >= 4 is 16.7 Å². The van der Waals surface area contributed by atoms with Crippen LogP contribution in [0, 0.1) is 0 Å². The third kappa shape index (κ3) is 1.49. The van der Waals surface area contributed by atoms with E-state index < -0.39 is 0 Å². The van der Waals surface area contributed by atoms with E-state index in [1.807, 2.05) is 6.07 Å². The van der Waals surface area contributed by atoms with Crippen molar-refractivity contribution in [3.8, 4) is 5.75 Å². The molecule has 78 valence electrons. The quantitative estimate of drug-likeness (QED) is 0.741. The van der Waals surface area contributed by atoms with Crippen molar-refractivity contribution in [2.45, 2.75) is 0 Å². The van der Waals surface area contributed by atoms with Crippen molar-refractivity contribution in [3.63, 3.8) is 0 Å². The van der Waals surface area contributed by atoms with E-state index in [-0.39, 0.29) is 12.3 Å². The van der Waals surface area contributed by atoms with Gasteiger partial charge in [-0.05, 0) is 18.2 Å². The standard InChI is InChI=1S/C11H12N2O2/c1-15-10-3-2-7(9(14)6-12)8-4-5-13-11(8)10/h2-5,13H,6,12H2,1H3. The third-order valence-corrected chi connectivity index (χ3v) is 2.39. The molecule has 0 spiro atoms. The first-order valence-corrected chi connectivity index (χ1v) is 4.65. The topological polar surface area (TPSA) is 68.1 Å². The fourth-order valence-electron chi connectivity index (χ4n) is 1.65. The Kier molecular flexibility index (Phi) is 2.43. The molecule has 0 aliphatic heterocycles. The van der Waals surface area contributed by atoms with E-state index in [0.29, 0.717) is 5.56 Å². The van der Waals surface area contributed by atoms with E-state index in [1.165, 1.54) is 0 Å². The molecule has 0 fully saturated rings. The maximum absolute atomic E-state index is 11.5. The molecule has 0 amide bonds. The van der Waals surface area contributed by atoms with Gasteiger partial charge in [0.2, 0.25) is 0 Å². The summed E-state index contributed by atoms with van der Waals surface area (Å²) < 4.78 is 5.18. The van der Waals surface area contributed by atoms with E-state index in [9.17, 15) is 4.79 Å². The maximum Gasteiger partial charge on any atom is 0.177 e. The van der Waals surface area contributed by atoms with Gasteiger partial charge in [-0.2, -0.15) is 0 Å². The Hall–Kier alpha value is -1.81.